The van der Waals surface area contributed by atoms with Gasteiger partial charge in [0, 0.05) is 38.6 Å². The maximum Gasteiger partial charge on any atom is 0.236 e. The zero-order valence-corrected chi connectivity index (χ0v) is 18.2. The zero-order chi connectivity index (χ0) is 19.4. The van der Waals surface area contributed by atoms with Gasteiger partial charge in [-0.2, -0.15) is 0 Å². The fourth-order valence-corrected chi connectivity index (χ4v) is 4.02. The molecule has 0 bridgehead atoms. The van der Waals surface area contributed by atoms with Gasteiger partial charge in [0.1, 0.15) is 0 Å². The largest absolute Gasteiger partial charge is 0.341 e. The predicted molar refractivity (Wildman–Crippen MR) is 115 cm³/mol. The van der Waals surface area contributed by atoms with Gasteiger partial charge in [-0.05, 0) is 35.8 Å². The molecule has 1 aromatic carbocycles. The van der Waals surface area contributed by atoms with Gasteiger partial charge >= 0.3 is 0 Å². The van der Waals surface area contributed by atoms with Gasteiger partial charge in [-0.1, -0.05) is 45.0 Å². The van der Waals surface area contributed by atoms with E-state index in [1.54, 1.807) is 0 Å². The first-order chi connectivity index (χ1) is 12.8. The maximum atomic E-state index is 12.7. The molecule has 1 aromatic rings. The van der Waals surface area contributed by atoms with Gasteiger partial charge in [-0.25, -0.2) is 0 Å². The van der Waals surface area contributed by atoms with Crippen molar-refractivity contribution in [3.8, 4) is 0 Å². The van der Waals surface area contributed by atoms with Crippen molar-refractivity contribution >= 4 is 24.2 Å². The Bertz CT molecular complexity index is 669. The van der Waals surface area contributed by atoms with E-state index in [4.69, 9.17) is 0 Å². The Morgan fingerprint density at radius 2 is 1.89 bits per heavy atom. The Balaban J connectivity index is 0.00000280. The third-order valence-corrected chi connectivity index (χ3v) is 5.76. The zero-order valence-electron chi connectivity index (χ0n) is 17.4. The Labute approximate surface area is 175 Å². The summed E-state index contributed by atoms with van der Waals surface area (Å²) in [7, 11) is 0. The number of rotatable bonds is 4. The first kappa shape index (κ1) is 22.7. The van der Waals surface area contributed by atoms with Gasteiger partial charge in [0.15, 0.2) is 0 Å². The summed E-state index contributed by atoms with van der Waals surface area (Å²) in [5.74, 6) is 0.377. The highest BCUT2D eigenvalue weighted by molar-refractivity contribution is 5.85. The molecule has 1 atom stereocenters. The van der Waals surface area contributed by atoms with Gasteiger partial charge in [-0.3, -0.25) is 9.59 Å². The van der Waals surface area contributed by atoms with Gasteiger partial charge in [0.25, 0.3) is 0 Å². The van der Waals surface area contributed by atoms with Crippen molar-refractivity contribution in [3.63, 3.8) is 0 Å². The summed E-state index contributed by atoms with van der Waals surface area (Å²) in [6.45, 7) is 10.2. The molecule has 0 aromatic heterocycles. The van der Waals surface area contributed by atoms with E-state index in [0.717, 1.165) is 38.9 Å². The van der Waals surface area contributed by atoms with Crippen LogP contribution in [0.25, 0.3) is 0 Å². The topological polar surface area (TPSA) is 52.7 Å². The SMILES string of the molecule is CC(C)(C)c1ccc(CCC(=O)N2CCCC(N3CCNCC3=O)C2)cc1.Cl. The molecule has 0 aliphatic carbocycles. The van der Waals surface area contributed by atoms with Gasteiger partial charge < -0.3 is 15.1 Å². The average Bonchev–Trinajstić information content (AvgIpc) is 2.66. The first-order valence-corrected chi connectivity index (χ1v) is 10.2. The second-order valence-electron chi connectivity index (χ2n) is 8.85. The summed E-state index contributed by atoms with van der Waals surface area (Å²) in [5, 5.41) is 3.12. The molecule has 1 N–H and O–H groups in total. The first-order valence-electron chi connectivity index (χ1n) is 10.2. The summed E-state index contributed by atoms with van der Waals surface area (Å²) in [6, 6.07) is 8.82. The van der Waals surface area contributed by atoms with Crippen LogP contribution in [-0.2, 0) is 21.4 Å². The number of amides is 2. The van der Waals surface area contributed by atoms with Crippen molar-refractivity contribution in [2.45, 2.75) is 57.9 Å². The molecule has 2 heterocycles. The van der Waals surface area contributed by atoms with Gasteiger partial charge in [0.05, 0.1) is 6.54 Å². The second-order valence-corrected chi connectivity index (χ2v) is 8.85. The molecule has 5 nitrogen and oxygen atoms in total. The number of piperazine rings is 1. The number of carbonyl (C=O) groups is 2. The standard InChI is InChI=1S/C22H33N3O2.ClH/c1-22(2,3)18-9-6-17(7-10-18)8-11-20(26)24-13-4-5-19(16-24)25-14-12-23-15-21(25)27;/h6-7,9-10,19,23H,4-5,8,11-16H2,1-3H3;1H. The molecule has 2 fully saturated rings. The fraction of sp³-hybridized carbons (Fsp3) is 0.636. The van der Waals surface area contributed by atoms with Crippen LogP contribution in [0.3, 0.4) is 0 Å². The molecular formula is C22H34ClN3O2. The lowest BCUT2D eigenvalue weighted by Gasteiger charge is -2.41. The highest BCUT2D eigenvalue weighted by Crippen LogP contribution is 2.23. The van der Waals surface area contributed by atoms with E-state index < -0.39 is 0 Å². The molecule has 6 heteroatoms. The number of nitrogens with one attached hydrogen (secondary N) is 1. The maximum absolute atomic E-state index is 12.7. The number of hydrogen-bond donors (Lipinski definition) is 1. The molecular weight excluding hydrogens is 374 g/mol. The quantitative estimate of drug-likeness (QED) is 0.834. The highest BCUT2D eigenvalue weighted by atomic mass is 35.5. The number of halogens is 1. The number of hydrogen-bond acceptors (Lipinski definition) is 3. The molecule has 3 rings (SSSR count). The lowest BCUT2D eigenvalue weighted by atomic mass is 9.86. The fourth-order valence-electron chi connectivity index (χ4n) is 4.02. The minimum Gasteiger partial charge on any atom is -0.341 e. The molecule has 0 saturated carbocycles. The number of piperidine rings is 1. The van der Waals surface area contributed by atoms with Crippen molar-refractivity contribution in [1.82, 2.24) is 15.1 Å². The number of likely N-dealkylation sites (tertiary alicyclic amines) is 1. The Kier molecular flexibility index (Phi) is 7.90. The number of benzene rings is 1. The molecule has 2 aliphatic rings. The molecule has 2 saturated heterocycles. The van der Waals surface area contributed by atoms with E-state index in [9.17, 15) is 9.59 Å². The Hall–Kier alpha value is -1.59. The van der Waals surface area contributed by atoms with Gasteiger partial charge in [0.2, 0.25) is 11.8 Å². The van der Waals surface area contributed by atoms with Crippen LogP contribution in [-0.4, -0.2) is 60.4 Å². The van der Waals surface area contributed by atoms with Crippen LogP contribution in [0.5, 0.6) is 0 Å². The van der Waals surface area contributed by atoms with Crippen molar-refractivity contribution in [2.75, 3.05) is 32.7 Å². The van der Waals surface area contributed by atoms with Crippen LogP contribution in [0.15, 0.2) is 24.3 Å². The lowest BCUT2D eigenvalue weighted by molar-refractivity contribution is -0.140. The summed E-state index contributed by atoms with van der Waals surface area (Å²) in [5.41, 5.74) is 2.68. The summed E-state index contributed by atoms with van der Waals surface area (Å²) in [6.07, 6.45) is 3.30. The smallest absolute Gasteiger partial charge is 0.236 e. The molecule has 156 valence electrons. The Morgan fingerprint density at radius 3 is 2.54 bits per heavy atom. The van der Waals surface area contributed by atoms with E-state index in [1.165, 1.54) is 11.1 Å². The Morgan fingerprint density at radius 1 is 1.18 bits per heavy atom. The van der Waals surface area contributed by atoms with Crippen LogP contribution in [0, 0.1) is 0 Å². The van der Waals surface area contributed by atoms with Crippen molar-refractivity contribution in [1.29, 1.82) is 0 Å². The number of carbonyl (C=O) groups excluding carboxylic acids is 2. The van der Waals surface area contributed by atoms with Crippen molar-refractivity contribution < 1.29 is 9.59 Å². The molecule has 28 heavy (non-hydrogen) atoms. The lowest BCUT2D eigenvalue weighted by Crippen LogP contribution is -2.57. The van der Waals surface area contributed by atoms with E-state index in [1.807, 2.05) is 9.80 Å². The normalized spacial score (nSPS) is 20.7. The number of aryl methyl sites for hydroxylation is 1. The predicted octanol–water partition coefficient (Wildman–Crippen LogP) is 2.76. The minimum absolute atomic E-state index is 0. The van der Waals surface area contributed by atoms with E-state index in [0.29, 0.717) is 19.5 Å². The van der Waals surface area contributed by atoms with Crippen LogP contribution >= 0.6 is 12.4 Å². The highest BCUT2D eigenvalue weighted by Gasteiger charge is 2.31. The molecule has 2 aliphatic heterocycles. The molecule has 2 amide bonds. The summed E-state index contributed by atoms with van der Waals surface area (Å²) >= 11 is 0. The van der Waals surface area contributed by atoms with Crippen LogP contribution in [0.1, 0.15) is 51.2 Å². The average molecular weight is 408 g/mol. The third kappa shape index (κ3) is 5.71. The second kappa shape index (κ2) is 9.75. The monoisotopic (exact) mass is 407 g/mol. The van der Waals surface area contributed by atoms with Crippen molar-refractivity contribution in [3.05, 3.63) is 35.4 Å². The van der Waals surface area contributed by atoms with Crippen LogP contribution < -0.4 is 5.32 Å². The summed E-state index contributed by atoms with van der Waals surface area (Å²) in [4.78, 5) is 28.8. The molecule has 1 unspecified atom stereocenters. The van der Waals surface area contributed by atoms with E-state index in [2.05, 4.69) is 50.4 Å². The van der Waals surface area contributed by atoms with E-state index >= 15 is 0 Å². The van der Waals surface area contributed by atoms with Crippen molar-refractivity contribution in [2.24, 2.45) is 0 Å². The summed E-state index contributed by atoms with van der Waals surface area (Å²) < 4.78 is 0. The molecule has 0 spiro atoms. The van der Waals surface area contributed by atoms with Crippen LogP contribution in [0.4, 0.5) is 0 Å². The van der Waals surface area contributed by atoms with Crippen LogP contribution in [0.2, 0.25) is 0 Å². The van der Waals surface area contributed by atoms with E-state index in [-0.39, 0.29) is 35.7 Å². The number of nitrogens with zero attached hydrogens (tertiary/aromatic N) is 2. The van der Waals surface area contributed by atoms with Gasteiger partial charge in [-0.15, -0.1) is 12.4 Å². The third-order valence-electron chi connectivity index (χ3n) is 5.76. The molecule has 0 radical (unpaired) electrons. The minimum atomic E-state index is 0.